The van der Waals surface area contributed by atoms with Crippen LogP contribution in [0, 0.1) is 6.92 Å². The highest BCUT2D eigenvalue weighted by molar-refractivity contribution is 8.00. The van der Waals surface area contributed by atoms with E-state index in [0.29, 0.717) is 13.1 Å². The first-order valence-electron chi connectivity index (χ1n) is 5.90. The predicted molar refractivity (Wildman–Crippen MR) is 70.1 cm³/mol. The monoisotopic (exact) mass is 302 g/mol. The summed E-state index contributed by atoms with van der Waals surface area (Å²) in [6, 6.07) is 8.11. The molecule has 2 aromatic rings. The van der Waals surface area contributed by atoms with E-state index in [0.717, 1.165) is 17.0 Å². The lowest BCUT2D eigenvalue weighted by Gasteiger charge is -2.07. The summed E-state index contributed by atoms with van der Waals surface area (Å²) in [5, 5.41) is 6.90. The van der Waals surface area contributed by atoms with Gasteiger partial charge in [-0.1, -0.05) is 17.3 Å². The molecule has 108 valence electrons. The summed E-state index contributed by atoms with van der Waals surface area (Å²) in [6.07, 6.45) is 0. The standard InChI is InChI=1S/C13H13F3N2OS/c1-9-6-11(19-18-9)8-17-7-10-2-4-12(5-3-10)20-13(14,15)16/h2-6,17H,7-8H2,1H3. The number of hydrogen-bond acceptors (Lipinski definition) is 4. The quantitative estimate of drug-likeness (QED) is 0.851. The fourth-order valence-electron chi connectivity index (χ4n) is 1.64. The fraction of sp³-hybridized carbons (Fsp3) is 0.308. The molecule has 0 radical (unpaired) electrons. The molecule has 0 aliphatic rings. The average Bonchev–Trinajstić information content (AvgIpc) is 2.75. The van der Waals surface area contributed by atoms with Crippen molar-refractivity contribution in [1.29, 1.82) is 0 Å². The Balaban J connectivity index is 1.82. The number of aromatic nitrogens is 1. The number of alkyl halides is 3. The molecule has 0 amide bonds. The zero-order valence-electron chi connectivity index (χ0n) is 10.7. The number of thioether (sulfide) groups is 1. The van der Waals surface area contributed by atoms with E-state index in [1.807, 2.05) is 13.0 Å². The van der Waals surface area contributed by atoms with Crippen molar-refractivity contribution < 1.29 is 17.7 Å². The zero-order valence-corrected chi connectivity index (χ0v) is 11.5. The molecule has 0 bridgehead atoms. The molecular formula is C13H13F3N2OS. The molecule has 1 aromatic carbocycles. The Morgan fingerprint density at radius 2 is 1.90 bits per heavy atom. The van der Waals surface area contributed by atoms with Crippen molar-refractivity contribution in [3.63, 3.8) is 0 Å². The molecule has 1 N–H and O–H groups in total. The number of hydrogen-bond donors (Lipinski definition) is 1. The largest absolute Gasteiger partial charge is 0.446 e. The number of benzene rings is 1. The second kappa shape index (κ2) is 6.32. The maximum absolute atomic E-state index is 12.2. The summed E-state index contributed by atoms with van der Waals surface area (Å²) in [6.45, 7) is 2.92. The fourth-order valence-corrected chi connectivity index (χ4v) is 2.18. The molecule has 0 spiro atoms. The van der Waals surface area contributed by atoms with Crippen LogP contribution < -0.4 is 5.32 Å². The topological polar surface area (TPSA) is 38.1 Å². The Hall–Kier alpha value is -1.47. The first kappa shape index (κ1) is 14.9. The van der Waals surface area contributed by atoms with Gasteiger partial charge in [-0.25, -0.2) is 0 Å². The molecule has 0 fully saturated rings. The van der Waals surface area contributed by atoms with Crippen LogP contribution in [0.5, 0.6) is 0 Å². The van der Waals surface area contributed by atoms with Crippen LogP contribution in [0.15, 0.2) is 39.8 Å². The second-order valence-corrected chi connectivity index (χ2v) is 5.37. The van der Waals surface area contributed by atoms with Crippen LogP contribution in [0.4, 0.5) is 13.2 Å². The van der Waals surface area contributed by atoms with Gasteiger partial charge >= 0.3 is 5.51 Å². The van der Waals surface area contributed by atoms with Crippen LogP contribution in [0.1, 0.15) is 17.0 Å². The normalized spacial score (nSPS) is 11.8. The second-order valence-electron chi connectivity index (χ2n) is 4.23. The molecule has 3 nitrogen and oxygen atoms in total. The number of halogens is 3. The maximum Gasteiger partial charge on any atom is 0.446 e. The minimum absolute atomic E-state index is 0.111. The van der Waals surface area contributed by atoms with Crippen molar-refractivity contribution in [2.45, 2.75) is 30.4 Å². The van der Waals surface area contributed by atoms with Crippen molar-refractivity contribution in [2.75, 3.05) is 0 Å². The molecule has 1 heterocycles. The first-order valence-corrected chi connectivity index (χ1v) is 6.71. The minimum atomic E-state index is -4.25. The van der Waals surface area contributed by atoms with Gasteiger partial charge in [0.25, 0.3) is 0 Å². The lowest BCUT2D eigenvalue weighted by atomic mass is 10.2. The molecule has 20 heavy (non-hydrogen) atoms. The van der Waals surface area contributed by atoms with E-state index < -0.39 is 5.51 Å². The van der Waals surface area contributed by atoms with Gasteiger partial charge in [0.1, 0.15) is 0 Å². The van der Waals surface area contributed by atoms with E-state index in [9.17, 15) is 13.2 Å². The molecule has 0 unspecified atom stereocenters. The van der Waals surface area contributed by atoms with Gasteiger partial charge < -0.3 is 9.84 Å². The summed E-state index contributed by atoms with van der Waals surface area (Å²) >= 11 is -0.111. The third-order valence-electron chi connectivity index (χ3n) is 2.46. The van der Waals surface area contributed by atoms with Crippen molar-refractivity contribution >= 4 is 11.8 Å². The van der Waals surface area contributed by atoms with Crippen molar-refractivity contribution in [1.82, 2.24) is 10.5 Å². The van der Waals surface area contributed by atoms with E-state index in [4.69, 9.17) is 4.52 Å². The number of nitrogens with zero attached hydrogens (tertiary/aromatic N) is 1. The highest BCUT2D eigenvalue weighted by atomic mass is 32.2. The Bertz CT molecular complexity index is 551. The SMILES string of the molecule is Cc1cc(CNCc2ccc(SC(F)(F)F)cc2)on1. The van der Waals surface area contributed by atoms with Gasteiger partial charge in [-0.05, 0) is 36.4 Å². The number of rotatable bonds is 5. The van der Waals surface area contributed by atoms with Crippen LogP contribution in [-0.2, 0) is 13.1 Å². The Morgan fingerprint density at radius 1 is 1.20 bits per heavy atom. The van der Waals surface area contributed by atoms with E-state index in [2.05, 4.69) is 10.5 Å². The van der Waals surface area contributed by atoms with E-state index in [-0.39, 0.29) is 16.7 Å². The van der Waals surface area contributed by atoms with Gasteiger partial charge in [0.05, 0.1) is 12.2 Å². The van der Waals surface area contributed by atoms with Crippen LogP contribution in [-0.4, -0.2) is 10.7 Å². The minimum Gasteiger partial charge on any atom is -0.360 e. The molecule has 0 aliphatic heterocycles. The van der Waals surface area contributed by atoms with Crippen molar-refractivity contribution in [3.8, 4) is 0 Å². The smallest absolute Gasteiger partial charge is 0.360 e. The Kier molecular flexibility index (Phi) is 4.72. The molecule has 0 aliphatic carbocycles. The van der Waals surface area contributed by atoms with Gasteiger partial charge in [0.15, 0.2) is 5.76 Å². The molecule has 2 rings (SSSR count). The Morgan fingerprint density at radius 3 is 2.45 bits per heavy atom. The lowest BCUT2D eigenvalue weighted by molar-refractivity contribution is -0.0328. The van der Waals surface area contributed by atoms with Crippen molar-refractivity contribution in [3.05, 3.63) is 47.3 Å². The van der Waals surface area contributed by atoms with Crippen LogP contribution in [0.25, 0.3) is 0 Å². The maximum atomic E-state index is 12.2. The Labute approximate surface area is 118 Å². The summed E-state index contributed by atoms with van der Waals surface area (Å²) < 4.78 is 41.5. The predicted octanol–water partition coefficient (Wildman–Crippen LogP) is 3.88. The van der Waals surface area contributed by atoms with Crippen LogP contribution >= 0.6 is 11.8 Å². The summed E-state index contributed by atoms with van der Waals surface area (Å²) in [5.41, 5.74) is -2.52. The van der Waals surface area contributed by atoms with E-state index >= 15 is 0 Å². The summed E-state index contributed by atoms with van der Waals surface area (Å²) in [4.78, 5) is 0.187. The lowest BCUT2D eigenvalue weighted by Crippen LogP contribution is -2.12. The molecule has 0 atom stereocenters. The van der Waals surface area contributed by atoms with Gasteiger partial charge in [-0.3, -0.25) is 0 Å². The number of aryl methyl sites for hydroxylation is 1. The third kappa shape index (κ3) is 4.90. The highest BCUT2D eigenvalue weighted by Gasteiger charge is 2.28. The van der Waals surface area contributed by atoms with Gasteiger partial charge in [-0.15, -0.1) is 0 Å². The average molecular weight is 302 g/mol. The highest BCUT2D eigenvalue weighted by Crippen LogP contribution is 2.36. The zero-order chi connectivity index (χ0) is 14.6. The van der Waals surface area contributed by atoms with Gasteiger partial charge in [0.2, 0.25) is 0 Å². The molecule has 7 heteroatoms. The van der Waals surface area contributed by atoms with Crippen LogP contribution in [0.3, 0.4) is 0 Å². The van der Waals surface area contributed by atoms with Crippen LogP contribution in [0.2, 0.25) is 0 Å². The molecule has 0 saturated carbocycles. The molecular weight excluding hydrogens is 289 g/mol. The number of nitrogens with one attached hydrogen (secondary N) is 1. The van der Waals surface area contributed by atoms with E-state index in [1.54, 1.807) is 12.1 Å². The summed E-state index contributed by atoms with van der Waals surface area (Å²) in [7, 11) is 0. The summed E-state index contributed by atoms with van der Waals surface area (Å²) in [5.74, 6) is 0.728. The first-order chi connectivity index (χ1) is 9.42. The molecule has 1 aromatic heterocycles. The molecule has 0 saturated heterocycles. The van der Waals surface area contributed by atoms with E-state index in [1.165, 1.54) is 12.1 Å². The van der Waals surface area contributed by atoms with Crippen molar-refractivity contribution in [2.24, 2.45) is 0 Å². The van der Waals surface area contributed by atoms with Gasteiger partial charge in [-0.2, -0.15) is 13.2 Å². The van der Waals surface area contributed by atoms with Gasteiger partial charge in [0, 0.05) is 17.5 Å². The third-order valence-corrected chi connectivity index (χ3v) is 3.20.